The third-order valence-corrected chi connectivity index (χ3v) is 5.49. The molecule has 0 unspecified atom stereocenters. The van der Waals surface area contributed by atoms with Crippen molar-refractivity contribution in [1.29, 1.82) is 0 Å². The highest BCUT2D eigenvalue weighted by Gasteiger charge is 2.53. The zero-order chi connectivity index (χ0) is 25.5. The first-order valence-electron chi connectivity index (χ1n) is 11.8. The number of hydrogen-bond acceptors (Lipinski definition) is 7. The summed E-state index contributed by atoms with van der Waals surface area (Å²) in [6, 6.07) is 16.6. The summed E-state index contributed by atoms with van der Waals surface area (Å²) in [6.07, 6.45) is -0.0527. The molecular formula is C27H34N2O6. The molecule has 0 aliphatic carbocycles. The molecule has 0 aromatic heterocycles. The smallest absolute Gasteiger partial charge is 0.306 e. The van der Waals surface area contributed by atoms with Crippen LogP contribution in [0.3, 0.4) is 0 Å². The summed E-state index contributed by atoms with van der Waals surface area (Å²) >= 11 is 0. The van der Waals surface area contributed by atoms with E-state index in [1.807, 2.05) is 42.5 Å². The number of carbonyl (C=O) groups is 2. The van der Waals surface area contributed by atoms with Crippen LogP contribution in [0.4, 0.5) is 0 Å². The van der Waals surface area contributed by atoms with E-state index in [9.17, 15) is 9.59 Å². The molecule has 0 spiro atoms. The maximum absolute atomic E-state index is 13.3. The van der Waals surface area contributed by atoms with Crippen molar-refractivity contribution in [2.75, 3.05) is 20.3 Å². The fourth-order valence-electron chi connectivity index (χ4n) is 3.90. The number of likely N-dealkylation sites (N-methyl/N-ethyl adjacent to an activating group) is 1. The van der Waals surface area contributed by atoms with E-state index in [0.717, 1.165) is 5.56 Å². The Morgan fingerprint density at radius 3 is 2.40 bits per heavy atom. The molecule has 0 radical (unpaired) electrons. The van der Waals surface area contributed by atoms with E-state index in [1.54, 1.807) is 40.0 Å². The largest absolute Gasteiger partial charge is 0.494 e. The minimum Gasteiger partial charge on any atom is -0.494 e. The Morgan fingerprint density at radius 2 is 1.80 bits per heavy atom. The molecule has 35 heavy (non-hydrogen) atoms. The van der Waals surface area contributed by atoms with Crippen molar-refractivity contribution < 1.29 is 28.9 Å². The van der Waals surface area contributed by atoms with Crippen molar-refractivity contribution in [3.63, 3.8) is 0 Å². The van der Waals surface area contributed by atoms with Gasteiger partial charge in [0.1, 0.15) is 11.4 Å². The van der Waals surface area contributed by atoms with Crippen LogP contribution in [0.2, 0.25) is 0 Å². The molecule has 1 amide bonds. The molecule has 8 nitrogen and oxygen atoms in total. The van der Waals surface area contributed by atoms with Gasteiger partial charge in [0.05, 0.1) is 6.61 Å². The number of rotatable bonds is 10. The fourth-order valence-corrected chi connectivity index (χ4v) is 3.90. The number of amides is 1. The zero-order valence-electron chi connectivity index (χ0n) is 20.7. The molecular weight excluding hydrogens is 448 g/mol. The molecule has 8 heteroatoms. The predicted octanol–water partition coefficient (Wildman–Crippen LogP) is 3.57. The van der Waals surface area contributed by atoms with Gasteiger partial charge in [0, 0.05) is 32.1 Å². The Bertz CT molecular complexity index is 1030. The number of aliphatic imine (C=N–C) groups is 1. The summed E-state index contributed by atoms with van der Waals surface area (Å²) in [5.41, 5.74) is -0.512. The number of carbonyl (C=O) groups excluding carboxylic acids is 2. The topological polar surface area (TPSA) is 106 Å². The molecule has 0 saturated carbocycles. The van der Waals surface area contributed by atoms with Crippen LogP contribution in [-0.2, 0) is 19.1 Å². The lowest BCUT2D eigenvalue weighted by Crippen LogP contribution is -2.47. The van der Waals surface area contributed by atoms with Crippen LogP contribution in [0.1, 0.15) is 57.3 Å². The minimum absolute atomic E-state index is 0.00575. The summed E-state index contributed by atoms with van der Waals surface area (Å²) in [5.74, 6) is 0.228. The van der Waals surface area contributed by atoms with Crippen LogP contribution in [0.25, 0.3) is 0 Å². The molecule has 1 heterocycles. The number of hydrogen-bond donors (Lipinski definition) is 2. The Balaban J connectivity index is 1.94. The van der Waals surface area contributed by atoms with Gasteiger partial charge in [-0.1, -0.05) is 30.3 Å². The zero-order valence-corrected chi connectivity index (χ0v) is 20.7. The van der Waals surface area contributed by atoms with Crippen LogP contribution < -0.4 is 10.1 Å². The Morgan fingerprint density at radius 1 is 1.11 bits per heavy atom. The van der Waals surface area contributed by atoms with Crippen molar-refractivity contribution in [2.24, 2.45) is 4.99 Å². The third-order valence-electron chi connectivity index (χ3n) is 5.49. The lowest BCUT2D eigenvalue weighted by Gasteiger charge is -2.30. The van der Waals surface area contributed by atoms with Gasteiger partial charge in [-0.25, -0.2) is 4.99 Å². The van der Waals surface area contributed by atoms with Crippen molar-refractivity contribution >= 4 is 17.8 Å². The molecule has 1 aliphatic rings. The summed E-state index contributed by atoms with van der Waals surface area (Å²) in [6.45, 7) is 5.89. The molecule has 0 fully saturated rings. The van der Waals surface area contributed by atoms with E-state index in [0.29, 0.717) is 30.2 Å². The molecule has 2 aromatic rings. The molecule has 2 aromatic carbocycles. The number of aliphatic hydroxyl groups excluding tert-OH is 1. The van der Waals surface area contributed by atoms with Gasteiger partial charge >= 0.3 is 5.97 Å². The number of nitrogens with zero attached hydrogens (tertiary/aromatic N) is 1. The first kappa shape index (κ1) is 26.2. The van der Waals surface area contributed by atoms with Gasteiger partial charge < -0.3 is 24.6 Å². The normalized spacial score (nSPS) is 19.5. The van der Waals surface area contributed by atoms with Crippen LogP contribution in [0.5, 0.6) is 5.75 Å². The summed E-state index contributed by atoms with van der Waals surface area (Å²) in [7, 11) is 1.55. The minimum atomic E-state index is -1.35. The quantitative estimate of drug-likeness (QED) is 0.396. The first-order chi connectivity index (χ1) is 16.7. The maximum atomic E-state index is 13.3. The van der Waals surface area contributed by atoms with Gasteiger partial charge in [0.15, 0.2) is 11.6 Å². The van der Waals surface area contributed by atoms with Crippen molar-refractivity contribution in [2.45, 2.75) is 57.3 Å². The van der Waals surface area contributed by atoms with Gasteiger partial charge in [-0.3, -0.25) is 9.59 Å². The van der Waals surface area contributed by atoms with Gasteiger partial charge in [0.2, 0.25) is 5.90 Å². The second-order valence-corrected chi connectivity index (χ2v) is 9.37. The molecule has 2 N–H and O–H groups in total. The highest BCUT2D eigenvalue weighted by molar-refractivity contribution is 6.01. The number of benzene rings is 2. The van der Waals surface area contributed by atoms with Crippen LogP contribution in [0, 0.1) is 0 Å². The average molecular weight is 483 g/mol. The fraction of sp³-hybridized carbons (Fsp3) is 0.444. The van der Waals surface area contributed by atoms with Gasteiger partial charge in [-0.15, -0.1) is 0 Å². The Hall–Kier alpha value is -3.39. The Kier molecular flexibility index (Phi) is 8.51. The molecule has 0 bridgehead atoms. The number of ether oxygens (including phenoxy) is 3. The van der Waals surface area contributed by atoms with E-state index < -0.39 is 23.2 Å². The lowest BCUT2D eigenvalue weighted by atomic mass is 9.83. The molecule has 2 atom stereocenters. The van der Waals surface area contributed by atoms with Crippen molar-refractivity contribution in [1.82, 2.24) is 5.32 Å². The lowest BCUT2D eigenvalue weighted by molar-refractivity contribution is -0.155. The van der Waals surface area contributed by atoms with E-state index in [4.69, 9.17) is 24.3 Å². The number of esters is 1. The second-order valence-electron chi connectivity index (χ2n) is 9.37. The van der Waals surface area contributed by atoms with E-state index >= 15 is 0 Å². The summed E-state index contributed by atoms with van der Waals surface area (Å²) in [4.78, 5) is 30.6. The van der Waals surface area contributed by atoms with Crippen molar-refractivity contribution in [3.8, 4) is 5.75 Å². The first-order valence-corrected chi connectivity index (χ1v) is 11.8. The van der Waals surface area contributed by atoms with Crippen LogP contribution in [-0.4, -0.2) is 54.3 Å². The average Bonchev–Trinajstić information content (AvgIpc) is 3.23. The van der Waals surface area contributed by atoms with Crippen molar-refractivity contribution in [3.05, 3.63) is 65.7 Å². The number of aliphatic hydroxyl groups is 1. The standard InChI is InChI=1S/C27H34N2O6/c1-26(2,3)35-22(31)15-16-27(25(32)28-4)23(19-9-6-5-7-10-19)34-24(29-27)20-11-13-21(14-12-20)33-18-8-17-30/h5-7,9-14,23,30H,8,15-18H2,1-4H3,(H,28,32)/t23-,27-/m1/s1. The van der Waals surface area contributed by atoms with Crippen LogP contribution >= 0.6 is 0 Å². The SMILES string of the molecule is CNC(=O)[C@]1(CCC(=O)OC(C)(C)C)N=C(c2ccc(OCCCO)cc2)O[C@@H]1c1ccccc1. The van der Waals surface area contributed by atoms with E-state index in [2.05, 4.69) is 5.32 Å². The Labute approximate surface area is 206 Å². The van der Waals surface area contributed by atoms with Gasteiger partial charge in [-0.05, 0) is 57.0 Å². The number of nitrogens with one attached hydrogen (secondary N) is 1. The maximum Gasteiger partial charge on any atom is 0.306 e. The van der Waals surface area contributed by atoms with Crippen LogP contribution in [0.15, 0.2) is 59.6 Å². The van der Waals surface area contributed by atoms with Gasteiger partial charge in [-0.2, -0.15) is 0 Å². The summed E-state index contributed by atoms with van der Waals surface area (Å²) in [5, 5.41) is 11.6. The van der Waals surface area contributed by atoms with E-state index in [-0.39, 0.29) is 25.4 Å². The summed E-state index contributed by atoms with van der Waals surface area (Å²) < 4.78 is 17.4. The molecule has 188 valence electrons. The second kappa shape index (κ2) is 11.4. The molecule has 3 rings (SSSR count). The predicted molar refractivity (Wildman–Crippen MR) is 132 cm³/mol. The van der Waals surface area contributed by atoms with Gasteiger partial charge in [0.25, 0.3) is 5.91 Å². The monoisotopic (exact) mass is 482 g/mol. The third kappa shape index (κ3) is 6.60. The molecule has 1 aliphatic heterocycles. The highest BCUT2D eigenvalue weighted by atomic mass is 16.6. The molecule has 0 saturated heterocycles. The van der Waals surface area contributed by atoms with E-state index in [1.165, 1.54) is 0 Å². The highest BCUT2D eigenvalue weighted by Crippen LogP contribution is 2.43.